The summed E-state index contributed by atoms with van der Waals surface area (Å²) in [7, 11) is -5.82. The molecule has 9 nitrogen and oxygen atoms in total. The molecule has 0 amide bonds. The fraction of sp³-hybridized carbons (Fsp3) is 0.581. The van der Waals surface area contributed by atoms with Crippen molar-refractivity contribution in [3.05, 3.63) is 53.1 Å². The summed E-state index contributed by atoms with van der Waals surface area (Å²) in [5, 5.41) is 8.71. The number of nitrogens with zero attached hydrogens (tertiary/aromatic N) is 3. The zero-order valence-electron chi connectivity index (χ0n) is 26.9. The first-order valence-electron chi connectivity index (χ1n) is 15.5. The van der Waals surface area contributed by atoms with Crippen LogP contribution in [0.2, 0.25) is 27.3 Å². The van der Waals surface area contributed by atoms with Crippen LogP contribution in [-0.4, -0.2) is 56.5 Å². The molecule has 2 aliphatic heterocycles. The van der Waals surface area contributed by atoms with Gasteiger partial charge in [0.2, 0.25) is 12.0 Å². The van der Waals surface area contributed by atoms with Crippen molar-refractivity contribution in [3.8, 4) is 0 Å². The number of fused-ring (bicyclic) bond motifs is 2. The molecular formula is C31H44ClFN4O5Si2. The van der Waals surface area contributed by atoms with Crippen LogP contribution < -0.4 is 5.32 Å². The molecule has 2 saturated heterocycles. The Hall–Kier alpha value is -2.20. The first-order chi connectivity index (χ1) is 20.7. The van der Waals surface area contributed by atoms with Gasteiger partial charge in [-0.05, 0) is 41.2 Å². The number of rotatable bonds is 8. The summed E-state index contributed by atoms with van der Waals surface area (Å²) in [4.78, 5) is 18.7. The second-order valence-electron chi connectivity index (χ2n) is 13.1. The van der Waals surface area contributed by atoms with Gasteiger partial charge in [-0.3, -0.25) is 4.79 Å². The molecule has 2 fully saturated rings. The van der Waals surface area contributed by atoms with Gasteiger partial charge in [0.15, 0.2) is 5.65 Å². The Balaban J connectivity index is 1.52. The van der Waals surface area contributed by atoms with Gasteiger partial charge in [0.05, 0.1) is 29.9 Å². The number of pyridine rings is 1. The van der Waals surface area contributed by atoms with Crippen LogP contribution in [0.1, 0.15) is 80.1 Å². The highest BCUT2D eigenvalue weighted by molar-refractivity contribution is 6.84. The summed E-state index contributed by atoms with van der Waals surface area (Å²) >= 11 is 6.48. The van der Waals surface area contributed by atoms with Gasteiger partial charge in [-0.2, -0.15) is 5.10 Å². The quantitative estimate of drug-likeness (QED) is 0.193. The summed E-state index contributed by atoms with van der Waals surface area (Å²) < 4.78 is 43.4. The van der Waals surface area contributed by atoms with Crippen LogP contribution in [0.15, 0.2) is 36.5 Å². The van der Waals surface area contributed by atoms with Crippen molar-refractivity contribution in [1.82, 2.24) is 14.8 Å². The monoisotopic (exact) mass is 662 g/mol. The van der Waals surface area contributed by atoms with Crippen LogP contribution >= 0.6 is 11.6 Å². The number of benzene rings is 1. The highest BCUT2D eigenvalue weighted by Gasteiger charge is 2.62. The standard InChI is InChI=1S/C31H44ClFN4O5Si2/c1-17(2)43(18(3)4)39-16-26-29(41-44(42-43,19(5)6)20(7)8)28(38)31(40-26)37-30-23(15-34-37)25(14-27(32)36-30)35-21(9)22-12-10-11-13-24(22)33/h10-15,17-21,26,29,31H,16H2,1-9H3,(H,35,36)/t21-,26+,29?,31+/m0/s1. The smallest absolute Gasteiger partial charge is 0.335 e. The molecule has 2 aromatic heterocycles. The average Bonchev–Trinajstić information content (AvgIpc) is 3.48. The number of hydrogen-bond donors (Lipinski definition) is 1. The number of ether oxygens (including phenoxy) is 1. The zero-order chi connectivity index (χ0) is 32.1. The number of carbonyl (C=O) groups is 1. The van der Waals surface area contributed by atoms with Gasteiger partial charge in [-0.1, -0.05) is 85.2 Å². The predicted molar refractivity (Wildman–Crippen MR) is 174 cm³/mol. The van der Waals surface area contributed by atoms with Gasteiger partial charge in [0, 0.05) is 5.56 Å². The van der Waals surface area contributed by atoms with E-state index < -0.39 is 35.6 Å². The van der Waals surface area contributed by atoms with E-state index in [-0.39, 0.29) is 51.6 Å². The van der Waals surface area contributed by atoms with Crippen LogP contribution in [0.5, 0.6) is 0 Å². The summed E-state index contributed by atoms with van der Waals surface area (Å²) in [6, 6.07) is 7.89. The number of Topliss-reactive ketones (excluding diaryl/α,β-unsaturated/α-hetero) is 1. The van der Waals surface area contributed by atoms with Gasteiger partial charge < -0.3 is 23.0 Å². The van der Waals surface area contributed by atoms with E-state index in [1.807, 2.05) is 6.92 Å². The summed E-state index contributed by atoms with van der Waals surface area (Å²) in [6.07, 6.45) is -0.988. The summed E-state index contributed by atoms with van der Waals surface area (Å²) in [5.74, 6) is -0.570. The maximum absolute atomic E-state index is 14.5. The van der Waals surface area contributed by atoms with Crippen molar-refractivity contribution < 1.29 is 26.9 Å². The van der Waals surface area contributed by atoms with Gasteiger partial charge >= 0.3 is 17.1 Å². The predicted octanol–water partition coefficient (Wildman–Crippen LogP) is 7.82. The molecule has 1 aromatic carbocycles. The molecule has 240 valence electrons. The largest absolute Gasteiger partial charge is 0.414 e. The third-order valence-corrected chi connectivity index (χ3v) is 19.4. The van der Waals surface area contributed by atoms with Crippen LogP contribution in [0.3, 0.4) is 0 Å². The van der Waals surface area contributed by atoms with Crippen molar-refractivity contribution in [1.29, 1.82) is 0 Å². The fourth-order valence-corrected chi connectivity index (χ4v) is 18.0. The molecule has 0 aliphatic carbocycles. The minimum Gasteiger partial charge on any atom is -0.414 e. The van der Waals surface area contributed by atoms with Crippen molar-refractivity contribution in [3.63, 3.8) is 0 Å². The van der Waals surface area contributed by atoms with E-state index in [2.05, 4.69) is 70.8 Å². The topological polar surface area (TPSA) is 96.7 Å². The second-order valence-corrected chi connectivity index (χ2v) is 22.4. The van der Waals surface area contributed by atoms with Crippen LogP contribution in [0, 0.1) is 5.82 Å². The Labute approximate surface area is 266 Å². The maximum atomic E-state index is 14.5. The van der Waals surface area contributed by atoms with Gasteiger partial charge in [-0.25, -0.2) is 14.1 Å². The Morgan fingerprint density at radius 3 is 2.25 bits per heavy atom. The summed E-state index contributed by atoms with van der Waals surface area (Å²) in [6.45, 7) is 19.1. The van der Waals surface area contributed by atoms with E-state index in [0.717, 1.165) is 0 Å². The second kappa shape index (κ2) is 12.5. The molecule has 4 heterocycles. The molecule has 1 N–H and O–H groups in total. The Morgan fingerprint density at radius 2 is 1.64 bits per heavy atom. The lowest BCUT2D eigenvalue weighted by Crippen LogP contribution is -2.65. The molecule has 44 heavy (non-hydrogen) atoms. The third-order valence-electron chi connectivity index (χ3n) is 8.99. The first kappa shape index (κ1) is 33.2. The lowest BCUT2D eigenvalue weighted by molar-refractivity contribution is -0.130. The van der Waals surface area contributed by atoms with E-state index in [1.54, 1.807) is 30.5 Å². The van der Waals surface area contributed by atoms with Crippen LogP contribution in [0.25, 0.3) is 11.0 Å². The van der Waals surface area contributed by atoms with Crippen LogP contribution in [-0.2, 0) is 22.5 Å². The maximum Gasteiger partial charge on any atom is 0.335 e. The van der Waals surface area contributed by atoms with E-state index in [1.165, 1.54) is 10.7 Å². The summed E-state index contributed by atoms with van der Waals surface area (Å²) in [5.41, 5.74) is 1.96. The molecular weight excluding hydrogens is 619 g/mol. The number of hydrogen-bond acceptors (Lipinski definition) is 8. The van der Waals surface area contributed by atoms with Crippen molar-refractivity contribution in [2.75, 3.05) is 11.9 Å². The van der Waals surface area contributed by atoms with Gasteiger partial charge in [-0.15, -0.1) is 0 Å². The van der Waals surface area contributed by atoms with E-state index in [0.29, 0.717) is 22.3 Å². The molecule has 2 aliphatic rings. The molecule has 0 radical (unpaired) electrons. The lowest BCUT2D eigenvalue weighted by atomic mass is 10.1. The average molecular weight is 663 g/mol. The van der Waals surface area contributed by atoms with Crippen LogP contribution in [0.4, 0.5) is 10.1 Å². The number of anilines is 1. The lowest BCUT2D eigenvalue weighted by Gasteiger charge is -2.50. The molecule has 3 aromatic rings. The first-order valence-corrected chi connectivity index (χ1v) is 19.8. The molecule has 5 rings (SSSR count). The van der Waals surface area contributed by atoms with Crippen molar-refractivity contribution in [2.24, 2.45) is 0 Å². The molecule has 0 saturated carbocycles. The number of carbonyl (C=O) groups excluding carboxylic acids is 1. The number of nitrogens with one attached hydrogen (secondary N) is 1. The number of aromatic nitrogens is 3. The third kappa shape index (κ3) is 5.67. The normalized spacial score (nSPS) is 24.2. The molecule has 13 heteroatoms. The minimum atomic E-state index is -3.02. The Bertz CT molecular complexity index is 1500. The molecule has 0 bridgehead atoms. The molecule has 1 unspecified atom stereocenters. The van der Waals surface area contributed by atoms with E-state index in [4.69, 9.17) is 29.3 Å². The number of ketones is 1. The highest BCUT2D eigenvalue weighted by Crippen LogP contribution is 2.48. The SMILES string of the molecule is CC(C)[Si]1(C(C)C)OC[C@H]2O[C@@H](n3ncc4c(N[C@@H](C)c5ccccc5F)cc(Cl)nc43)C(=O)C2O[Si](C(C)C)(C(C)C)O1. The highest BCUT2D eigenvalue weighted by atomic mass is 35.5. The zero-order valence-corrected chi connectivity index (χ0v) is 29.7. The minimum absolute atomic E-state index is 0.0668. The Kier molecular flexibility index (Phi) is 9.45. The van der Waals surface area contributed by atoms with Crippen molar-refractivity contribution >= 4 is 51.2 Å². The van der Waals surface area contributed by atoms with E-state index in [9.17, 15) is 9.18 Å². The molecule has 0 spiro atoms. The van der Waals surface area contributed by atoms with Gasteiger partial charge in [0.1, 0.15) is 23.2 Å². The molecule has 4 atom stereocenters. The van der Waals surface area contributed by atoms with Gasteiger partial charge in [0.25, 0.3) is 0 Å². The fourth-order valence-electron chi connectivity index (χ4n) is 6.61. The number of halogens is 2. The van der Waals surface area contributed by atoms with E-state index >= 15 is 0 Å². The Morgan fingerprint density at radius 1 is 1.00 bits per heavy atom. The van der Waals surface area contributed by atoms with Crippen molar-refractivity contribution in [2.45, 2.75) is 109 Å².